The Morgan fingerprint density at radius 2 is 2.30 bits per heavy atom. The number of hydrogen-bond donors (Lipinski definition) is 1. The number of piperidine rings is 1. The normalized spacial score (nSPS) is 19.2. The van der Waals surface area contributed by atoms with E-state index in [-0.39, 0.29) is 5.91 Å². The van der Waals surface area contributed by atoms with Gasteiger partial charge >= 0.3 is 0 Å². The maximum atomic E-state index is 12.5. The van der Waals surface area contributed by atoms with Gasteiger partial charge in [0.05, 0.1) is 0 Å². The SMILES string of the molecule is CCC1CCCN(C(=O)c2cccc(NC(C)C)n2)C1. The van der Waals surface area contributed by atoms with Crippen LogP contribution >= 0.6 is 0 Å². The predicted molar refractivity (Wildman–Crippen MR) is 81.9 cm³/mol. The van der Waals surface area contributed by atoms with E-state index in [4.69, 9.17) is 0 Å². The highest BCUT2D eigenvalue weighted by molar-refractivity contribution is 5.92. The average molecular weight is 275 g/mol. The number of carbonyl (C=O) groups is 1. The van der Waals surface area contributed by atoms with Gasteiger partial charge in [-0.15, -0.1) is 0 Å². The summed E-state index contributed by atoms with van der Waals surface area (Å²) >= 11 is 0. The van der Waals surface area contributed by atoms with Crippen LogP contribution in [0.3, 0.4) is 0 Å². The summed E-state index contributed by atoms with van der Waals surface area (Å²) in [6, 6.07) is 5.92. The molecule has 0 aliphatic carbocycles. The molecule has 0 radical (unpaired) electrons. The van der Waals surface area contributed by atoms with Crippen molar-refractivity contribution in [2.24, 2.45) is 5.92 Å². The van der Waals surface area contributed by atoms with Crippen molar-refractivity contribution in [3.63, 3.8) is 0 Å². The molecule has 1 aromatic rings. The molecule has 2 rings (SSSR count). The minimum Gasteiger partial charge on any atom is -0.368 e. The first-order valence-electron chi connectivity index (χ1n) is 7.63. The Labute approximate surface area is 121 Å². The fourth-order valence-electron chi connectivity index (χ4n) is 2.67. The van der Waals surface area contributed by atoms with E-state index in [1.165, 1.54) is 6.42 Å². The minimum atomic E-state index is 0.0653. The molecule has 1 aromatic heterocycles. The third-order valence-corrected chi connectivity index (χ3v) is 3.79. The second kappa shape index (κ2) is 6.73. The first kappa shape index (κ1) is 14.8. The van der Waals surface area contributed by atoms with Gasteiger partial charge < -0.3 is 10.2 Å². The van der Waals surface area contributed by atoms with Crippen molar-refractivity contribution in [2.75, 3.05) is 18.4 Å². The molecule has 1 atom stereocenters. The van der Waals surface area contributed by atoms with Crippen LogP contribution in [0.4, 0.5) is 5.82 Å². The van der Waals surface area contributed by atoms with Crippen LogP contribution in [0.5, 0.6) is 0 Å². The van der Waals surface area contributed by atoms with Gasteiger partial charge in [0.2, 0.25) is 0 Å². The van der Waals surface area contributed by atoms with Crippen molar-refractivity contribution >= 4 is 11.7 Å². The summed E-state index contributed by atoms with van der Waals surface area (Å²) in [4.78, 5) is 18.9. The lowest BCUT2D eigenvalue weighted by Gasteiger charge is -2.32. The van der Waals surface area contributed by atoms with Crippen LogP contribution in [0, 0.1) is 5.92 Å². The van der Waals surface area contributed by atoms with E-state index in [0.717, 1.165) is 31.7 Å². The van der Waals surface area contributed by atoms with E-state index < -0.39 is 0 Å². The van der Waals surface area contributed by atoms with Crippen LogP contribution in [-0.2, 0) is 0 Å². The van der Waals surface area contributed by atoms with Gasteiger partial charge in [0, 0.05) is 19.1 Å². The molecule has 1 fully saturated rings. The fourth-order valence-corrected chi connectivity index (χ4v) is 2.67. The first-order valence-corrected chi connectivity index (χ1v) is 7.63. The molecule has 1 aliphatic rings. The second-order valence-electron chi connectivity index (χ2n) is 5.87. The second-order valence-corrected chi connectivity index (χ2v) is 5.87. The molecule has 1 N–H and O–H groups in total. The Kier molecular flexibility index (Phi) is 4.99. The van der Waals surface area contributed by atoms with E-state index in [1.54, 1.807) is 0 Å². The van der Waals surface area contributed by atoms with Gasteiger partial charge in [0.1, 0.15) is 11.5 Å². The van der Waals surface area contributed by atoms with Crippen molar-refractivity contribution in [3.05, 3.63) is 23.9 Å². The molecule has 0 spiro atoms. The molecule has 20 heavy (non-hydrogen) atoms. The third kappa shape index (κ3) is 3.71. The van der Waals surface area contributed by atoms with Gasteiger partial charge in [0.15, 0.2) is 0 Å². The minimum absolute atomic E-state index is 0.0653. The van der Waals surface area contributed by atoms with Crippen LogP contribution in [0.1, 0.15) is 50.5 Å². The van der Waals surface area contributed by atoms with Crippen LogP contribution in [0.25, 0.3) is 0 Å². The summed E-state index contributed by atoms with van der Waals surface area (Å²) in [5.41, 5.74) is 0.549. The molecule has 4 heteroatoms. The zero-order chi connectivity index (χ0) is 14.5. The summed E-state index contributed by atoms with van der Waals surface area (Å²) in [7, 11) is 0. The molecule has 0 aromatic carbocycles. The standard InChI is InChI=1S/C16H25N3O/c1-4-13-7-6-10-19(11-13)16(20)14-8-5-9-15(18-14)17-12(2)3/h5,8-9,12-13H,4,6-7,10-11H2,1-3H3,(H,17,18). The van der Waals surface area contributed by atoms with E-state index in [0.29, 0.717) is 17.7 Å². The molecule has 1 aliphatic heterocycles. The van der Waals surface area contributed by atoms with Crippen LogP contribution in [-0.4, -0.2) is 34.9 Å². The van der Waals surface area contributed by atoms with Crippen molar-refractivity contribution in [3.8, 4) is 0 Å². The zero-order valence-corrected chi connectivity index (χ0v) is 12.7. The van der Waals surface area contributed by atoms with Gasteiger partial charge in [-0.2, -0.15) is 0 Å². The number of hydrogen-bond acceptors (Lipinski definition) is 3. The Bertz CT molecular complexity index is 459. The summed E-state index contributed by atoms with van der Waals surface area (Å²) < 4.78 is 0. The molecule has 1 amide bonds. The number of carbonyl (C=O) groups excluding carboxylic acids is 1. The molecular formula is C16H25N3O. The number of nitrogens with one attached hydrogen (secondary N) is 1. The molecule has 1 unspecified atom stereocenters. The molecule has 2 heterocycles. The lowest BCUT2D eigenvalue weighted by Crippen LogP contribution is -2.40. The maximum Gasteiger partial charge on any atom is 0.272 e. The number of aromatic nitrogens is 1. The Morgan fingerprint density at radius 3 is 3.00 bits per heavy atom. The molecule has 4 nitrogen and oxygen atoms in total. The van der Waals surface area contributed by atoms with Crippen molar-refractivity contribution < 1.29 is 4.79 Å². The monoisotopic (exact) mass is 275 g/mol. The van der Waals surface area contributed by atoms with Crippen LogP contribution < -0.4 is 5.32 Å². The molecule has 110 valence electrons. The van der Waals surface area contributed by atoms with E-state index in [9.17, 15) is 4.79 Å². The molecule has 0 saturated carbocycles. The van der Waals surface area contributed by atoms with E-state index >= 15 is 0 Å². The Balaban J connectivity index is 2.08. The number of nitrogens with zero attached hydrogens (tertiary/aromatic N) is 2. The lowest BCUT2D eigenvalue weighted by atomic mass is 9.95. The summed E-state index contributed by atoms with van der Waals surface area (Å²) in [6.45, 7) is 8.06. The Morgan fingerprint density at radius 1 is 1.50 bits per heavy atom. The van der Waals surface area contributed by atoms with Gasteiger partial charge in [-0.3, -0.25) is 4.79 Å². The fraction of sp³-hybridized carbons (Fsp3) is 0.625. The zero-order valence-electron chi connectivity index (χ0n) is 12.7. The van der Waals surface area contributed by atoms with E-state index in [2.05, 4.69) is 31.1 Å². The number of rotatable bonds is 4. The quantitative estimate of drug-likeness (QED) is 0.918. The van der Waals surface area contributed by atoms with Gasteiger partial charge in [-0.05, 0) is 44.7 Å². The highest BCUT2D eigenvalue weighted by atomic mass is 16.2. The maximum absolute atomic E-state index is 12.5. The molecule has 1 saturated heterocycles. The largest absolute Gasteiger partial charge is 0.368 e. The number of pyridine rings is 1. The number of likely N-dealkylation sites (tertiary alicyclic amines) is 1. The lowest BCUT2D eigenvalue weighted by molar-refractivity contribution is 0.0665. The van der Waals surface area contributed by atoms with E-state index in [1.807, 2.05) is 23.1 Å². The van der Waals surface area contributed by atoms with Gasteiger partial charge in [-0.25, -0.2) is 4.98 Å². The average Bonchev–Trinajstić information content (AvgIpc) is 2.46. The first-order chi connectivity index (χ1) is 9.60. The third-order valence-electron chi connectivity index (χ3n) is 3.79. The molecular weight excluding hydrogens is 250 g/mol. The topological polar surface area (TPSA) is 45.2 Å². The highest BCUT2D eigenvalue weighted by Gasteiger charge is 2.24. The molecule has 0 bridgehead atoms. The Hall–Kier alpha value is -1.58. The van der Waals surface area contributed by atoms with Crippen molar-refractivity contribution in [1.82, 2.24) is 9.88 Å². The highest BCUT2D eigenvalue weighted by Crippen LogP contribution is 2.20. The predicted octanol–water partition coefficient (Wildman–Crippen LogP) is 3.16. The van der Waals surface area contributed by atoms with Crippen molar-refractivity contribution in [2.45, 2.75) is 46.1 Å². The smallest absolute Gasteiger partial charge is 0.272 e. The summed E-state index contributed by atoms with van der Waals surface area (Å²) in [6.07, 6.45) is 3.49. The summed E-state index contributed by atoms with van der Waals surface area (Å²) in [5, 5.41) is 3.24. The van der Waals surface area contributed by atoms with Crippen LogP contribution in [0.2, 0.25) is 0 Å². The number of amides is 1. The van der Waals surface area contributed by atoms with Gasteiger partial charge in [-0.1, -0.05) is 19.4 Å². The van der Waals surface area contributed by atoms with Crippen molar-refractivity contribution in [1.29, 1.82) is 0 Å². The van der Waals surface area contributed by atoms with Crippen LogP contribution in [0.15, 0.2) is 18.2 Å². The number of anilines is 1. The summed E-state index contributed by atoms with van der Waals surface area (Å²) in [5.74, 6) is 1.48. The van der Waals surface area contributed by atoms with Gasteiger partial charge in [0.25, 0.3) is 5.91 Å².